The molecule has 0 unspecified atom stereocenters. The van der Waals surface area contributed by atoms with Crippen LogP contribution >= 0.6 is 0 Å². The minimum atomic E-state index is -0.165. The normalized spacial score (nSPS) is 11.4. The van der Waals surface area contributed by atoms with E-state index in [-0.39, 0.29) is 5.82 Å². The third-order valence-electron chi connectivity index (χ3n) is 3.42. The fourth-order valence-corrected chi connectivity index (χ4v) is 2.31. The van der Waals surface area contributed by atoms with Gasteiger partial charge in [-0.25, -0.2) is 4.39 Å². The molecule has 1 aromatic carbocycles. The highest BCUT2D eigenvalue weighted by Crippen LogP contribution is 2.21. The molecule has 1 N–H and O–H groups in total. The summed E-state index contributed by atoms with van der Waals surface area (Å²) < 4.78 is 13.5. The van der Waals surface area contributed by atoms with Gasteiger partial charge < -0.3 is 15.1 Å². The Morgan fingerprint density at radius 2 is 1.86 bits per heavy atom. The van der Waals surface area contributed by atoms with Crippen molar-refractivity contribution in [3.63, 3.8) is 0 Å². The molecule has 0 aliphatic rings. The van der Waals surface area contributed by atoms with E-state index < -0.39 is 0 Å². The summed E-state index contributed by atoms with van der Waals surface area (Å²) >= 11 is 0. The predicted molar refractivity (Wildman–Crippen MR) is 89.4 cm³/mol. The van der Waals surface area contributed by atoms with Crippen molar-refractivity contribution < 1.29 is 4.39 Å². The molecular weight excluding hydrogens is 265 g/mol. The van der Waals surface area contributed by atoms with E-state index in [1.54, 1.807) is 12.1 Å². The van der Waals surface area contributed by atoms with Gasteiger partial charge >= 0.3 is 0 Å². The van der Waals surface area contributed by atoms with Gasteiger partial charge in [0.25, 0.3) is 0 Å². The highest BCUT2D eigenvalue weighted by molar-refractivity contribution is 5.53. The lowest BCUT2D eigenvalue weighted by Gasteiger charge is -2.24. The Labute approximate surface area is 129 Å². The number of halogens is 1. The molecule has 0 saturated heterocycles. The lowest BCUT2D eigenvalue weighted by atomic mass is 10.1. The van der Waals surface area contributed by atoms with E-state index in [2.05, 4.69) is 50.1 Å². The molecule has 0 heterocycles. The molecule has 4 heteroatoms. The molecule has 1 rings (SSSR count). The van der Waals surface area contributed by atoms with E-state index in [0.29, 0.717) is 12.5 Å². The molecule has 0 radical (unpaired) electrons. The third-order valence-corrected chi connectivity index (χ3v) is 3.42. The lowest BCUT2D eigenvalue weighted by molar-refractivity contribution is 0.401. The Morgan fingerprint density at radius 3 is 2.48 bits per heavy atom. The van der Waals surface area contributed by atoms with E-state index in [0.717, 1.165) is 37.3 Å². The van der Waals surface area contributed by atoms with E-state index in [4.69, 9.17) is 0 Å². The molecule has 0 aromatic heterocycles. The minimum absolute atomic E-state index is 0.165. The van der Waals surface area contributed by atoms with Gasteiger partial charge in [0.05, 0.1) is 0 Å². The summed E-state index contributed by atoms with van der Waals surface area (Å²) in [6, 6.07) is 5.08. The van der Waals surface area contributed by atoms with Crippen molar-refractivity contribution in [3.8, 4) is 0 Å². The minimum Gasteiger partial charge on any atom is -0.374 e. The number of hydrogen-bond donors (Lipinski definition) is 1. The van der Waals surface area contributed by atoms with Crippen LogP contribution in [0.3, 0.4) is 0 Å². The van der Waals surface area contributed by atoms with Crippen LogP contribution in [0.4, 0.5) is 10.1 Å². The van der Waals surface area contributed by atoms with E-state index in [1.165, 1.54) is 0 Å². The number of hydrogen-bond acceptors (Lipinski definition) is 3. The largest absolute Gasteiger partial charge is 0.374 e. The summed E-state index contributed by atoms with van der Waals surface area (Å²) in [4.78, 5) is 4.40. The van der Waals surface area contributed by atoms with E-state index in [9.17, 15) is 4.39 Å². The van der Waals surface area contributed by atoms with Crippen LogP contribution in [-0.4, -0.2) is 45.7 Å². The Balaban J connectivity index is 2.66. The van der Waals surface area contributed by atoms with Gasteiger partial charge in [0.15, 0.2) is 0 Å². The van der Waals surface area contributed by atoms with Gasteiger partial charge in [0.2, 0.25) is 0 Å². The second-order valence-electron chi connectivity index (χ2n) is 6.38. The maximum absolute atomic E-state index is 13.5. The maximum atomic E-state index is 13.5. The summed E-state index contributed by atoms with van der Waals surface area (Å²) in [5, 5.41) is 3.40. The molecule has 21 heavy (non-hydrogen) atoms. The molecule has 0 saturated carbocycles. The number of nitrogens with zero attached hydrogens (tertiary/aromatic N) is 2. The Bertz CT molecular complexity index is 418. The number of rotatable bonds is 9. The van der Waals surface area contributed by atoms with Gasteiger partial charge in [-0.2, -0.15) is 0 Å². The quantitative estimate of drug-likeness (QED) is 0.755. The molecule has 120 valence electrons. The van der Waals surface area contributed by atoms with Crippen LogP contribution in [0.25, 0.3) is 0 Å². The molecule has 0 bridgehead atoms. The summed E-state index contributed by atoms with van der Waals surface area (Å²) in [6.07, 6.45) is 1.10. The van der Waals surface area contributed by atoms with Gasteiger partial charge in [-0.05, 0) is 63.3 Å². The maximum Gasteiger partial charge on any atom is 0.123 e. The zero-order valence-electron chi connectivity index (χ0n) is 14.1. The Morgan fingerprint density at radius 1 is 1.14 bits per heavy atom. The van der Waals surface area contributed by atoms with Crippen molar-refractivity contribution in [3.05, 3.63) is 29.6 Å². The molecule has 0 amide bonds. The van der Waals surface area contributed by atoms with Crippen LogP contribution in [0.1, 0.15) is 25.8 Å². The van der Waals surface area contributed by atoms with Crippen LogP contribution in [0.15, 0.2) is 18.2 Å². The van der Waals surface area contributed by atoms with Crippen LogP contribution < -0.4 is 10.2 Å². The van der Waals surface area contributed by atoms with Crippen molar-refractivity contribution in [2.45, 2.75) is 26.8 Å². The molecule has 0 fully saturated rings. The molecule has 0 atom stereocenters. The lowest BCUT2D eigenvalue weighted by Crippen LogP contribution is -2.26. The number of anilines is 1. The zero-order valence-corrected chi connectivity index (χ0v) is 14.1. The molecule has 0 aliphatic carbocycles. The first-order valence-corrected chi connectivity index (χ1v) is 7.75. The third kappa shape index (κ3) is 6.91. The average molecular weight is 295 g/mol. The molecule has 3 nitrogen and oxygen atoms in total. The highest BCUT2D eigenvalue weighted by Gasteiger charge is 2.09. The standard InChI is InChI=1S/C17H30FN3/c1-14(2)12-19-13-15-11-16(18)7-8-17(15)21(5)10-6-9-20(3)4/h7-8,11,14,19H,6,9-10,12-13H2,1-5H3. The summed E-state index contributed by atoms with van der Waals surface area (Å²) in [5.74, 6) is 0.432. The summed E-state index contributed by atoms with van der Waals surface area (Å²) in [6.45, 7) is 8.04. The predicted octanol–water partition coefficient (Wildman–Crippen LogP) is 2.96. The van der Waals surface area contributed by atoms with Crippen molar-refractivity contribution in [1.82, 2.24) is 10.2 Å². The Kier molecular flexibility index (Phi) is 7.68. The second-order valence-corrected chi connectivity index (χ2v) is 6.38. The second kappa shape index (κ2) is 9.00. The first-order chi connectivity index (χ1) is 9.90. The van der Waals surface area contributed by atoms with E-state index in [1.807, 2.05) is 6.07 Å². The number of benzene rings is 1. The fraction of sp³-hybridized carbons (Fsp3) is 0.647. The van der Waals surface area contributed by atoms with Crippen molar-refractivity contribution in [2.75, 3.05) is 45.7 Å². The monoisotopic (exact) mass is 295 g/mol. The van der Waals surface area contributed by atoms with Crippen LogP contribution in [-0.2, 0) is 6.54 Å². The van der Waals surface area contributed by atoms with Gasteiger partial charge in [-0.3, -0.25) is 0 Å². The Hall–Kier alpha value is -1.13. The fourth-order valence-electron chi connectivity index (χ4n) is 2.31. The van der Waals surface area contributed by atoms with Crippen LogP contribution in [0, 0.1) is 11.7 Å². The topological polar surface area (TPSA) is 18.5 Å². The first kappa shape index (κ1) is 17.9. The van der Waals surface area contributed by atoms with Crippen LogP contribution in [0.2, 0.25) is 0 Å². The number of nitrogens with one attached hydrogen (secondary N) is 1. The molecule has 0 aliphatic heterocycles. The van der Waals surface area contributed by atoms with Gasteiger partial charge in [-0.15, -0.1) is 0 Å². The molecule has 0 spiro atoms. The van der Waals surface area contributed by atoms with Gasteiger partial charge in [-0.1, -0.05) is 13.8 Å². The van der Waals surface area contributed by atoms with Crippen molar-refractivity contribution in [2.24, 2.45) is 5.92 Å². The highest BCUT2D eigenvalue weighted by atomic mass is 19.1. The van der Waals surface area contributed by atoms with Crippen LogP contribution in [0.5, 0.6) is 0 Å². The van der Waals surface area contributed by atoms with E-state index >= 15 is 0 Å². The van der Waals surface area contributed by atoms with Crippen molar-refractivity contribution in [1.29, 1.82) is 0 Å². The van der Waals surface area contributed by atoms with Crippen molar-refractivity contribution >= 4 is 5.69 Å². The first-order valence-electron chi connectivity index (χ1n) is 7.75. The van der Waals surface area contributed by atoms with Gasteiger partial charge in [0.1, 0.15) is 5.82 Å². The SMILES string of the molecule is CC(C)CNCc1cc(F)ccc1N(C)CCCN(C)C. The zero-order chi connectivity index (χ0) is 15.8. The van der Waals surface area contributed by atoms with Gasteiger partial charge in [0, 0.05) is 25.8 Å². The smallest absolute Gasteiger partial charge is 0.123 e. The average Bonchev–Trinajstić information content (AvgIpc) is 2.37. The molecular formula is C17H30FN3. The summed E-state index contributed by atoms with van der Waals surface area (Å²) in [7, 11) is 6.24. The molecule has 1 aromatic rings. The summed E-state index contributed by atoms with van der Waals surface area (Å²) in [5.41, 5.74) is 2.15.